The Kier molecular flexibility index (Phi) is 6.96. The number of benzene rings is 2. The highest BCUT2D eigenvalue weighted by molar-refractivity contribution is 7.18. The van der Waals surface area contributed by atoms with E-state index in [1.54, 1.807) is 48.5 Å². The largest absolute Gasteiger partial charge is 0.350 e. The molecule has 0 fully saturated rings. The molecule has 3 aromatic rings. The molecular weight excluding hydrogens is 388 g/mol. The quantitative estimate of drug-likeness (QED) is 0.450. The van der Waals surface area contributed by atoms with Gasteiger partial charge in [-0.25, -0.2) is 4.79 Å². The molecule has 1 aromatic heterocycles. The van der Waals surface area contributed by atoms with E-state index in [-0.39, 0.29) is 17.8 Å². The number of amides is 4. The third-order valence-corrected chi connectivity index (χ3v) is 4.83. The Labute approximate surface area is 172 Å². The van der Waals surface area contributed by atoms with Crippen LogP contribution in [-0.4, -0.2) is 30.9 Å². The van der Waals surface area contributed by atoms with Crippen LogP contribution in [0.5, 0.6) is 0 Å². The molecule has 0 saturated carbocycles. The third-order valence-electron chi connectivity index (χ3n) is 3.83. The number of carbonyl (C=O) groups is 3. The van der Waals surface area contributed by atoms with Crippen LogP contribution in [0.3, 0.4) is 0 Å². The molecule has 29 heavy (non-hydrogen) atoms. The van der Waals surface area contributed by atoms with Gasteiger partial charge in [-0.1, -0.05) is 36.4 Å². The summed E-state index contributed by atoms with van der Waals surface area (Å²) in [5, 5.41) is 11.5. The van der Waals surface area contributed by atoms with Crippen LogP contribution < -0.4 is 21.3 Å². The predicted octanol–water partition coefficient (Wildman–Crippen LogP) is 3.55. The van der Waals surface area contributed by atoms with E-state index in [2.05, 4.69) is 21.3 Å². The lowest BCUT2D eigenvalue weighted by molar-refractivity contribution is 0.0929. The summed E-state index contributed by atoms with van der Waals surface area (Å²) in [7, 11) is 0. The summed E-state index contributed by atoms with van der Waals surface area (Å²) in [6, 6.07) is 20.9. The van der Waals surface area contributed by atoms with E-state index in [9.17, 15) is 14.4 Å². The first-order chi connectivity index (χ1) is 14.1. The van der Waals surface area contributed by atoms with Gasteiger partial charge in [-0.2, -0.15) is 0 Å². The molecule has 3 rings (SSSR count). The first-order valence-electron chi connectivity index (χ1n) is 8.96. The lowest BCUT2D eigenvalue weighted by Crippen LogP contribution is -2.34. The standard InChI is InChI=1S/C21H20N4O3S/c26-19(15-7-3-1-4-8-15)22-13-14-23-20(27)17-11-12-18(29-17)25-21(28)24-16-9-5-2-6-10-16/h1-12H,13-14H2,(H,22,26)(H,23,27)(H2,24,25,28). The number of rotatable bonds is 7. The monoisotopic (exact) mass is 408 g/mol. The summed E-state index contributed by atoms with van der Waals surface area (Å²) in [4.78, 5) is 36.6. The average molecular weight is 408 g/mol. The van der Waals surface area contributed by atoms with Crippen molar-refractivity contribution in [1.29, 1.82) is 0 Å². The van der Waals surface area contributed by atoms with Crippen molar-refractivity contribution < 1.29 is 14.4 Å². The van der Waals surface area contributed by atoms with E-state index in [4.69, 9.17) is 0 Å². The van der Waals surface area contributed by atoms with Gasteiger partial charge in [0.2, 0.25) is 0 Å². The normalized spacial score (nSPS) is 10.1. The Hall–Kier alpha value is -3.65. The molecule has 0 unspecified atom stereocenters. The summed E-state index contributed by atoms with van der Waals surface area (Å²) >= 11 is 1.17. The highest BCUT2D eigenvalue weighted by Gasteiger charge is 2.11. The number of carbonyl (C=O) groups excluding carboxylic acids is 3. The average Bonchev–Trinajstić information content (AvgIpc) is 3.20. The van der Waals surface area contributed by atoms with Crippen LogP contribution in [0, 0.1) is 0 Å². The lowest BCUT2D eigenvalue weighted by Gasteiger charge is -2.06. The summed E-state index contributed by atoms with van der Waals surface area (Å²) in [5.74, 6) is -0.452. The topological polar surface area (TPSA) is 99.3 Å². The SMILES string of the molecule is O=C(Nc1ccccc1)Nc1ccc(C(=O)NCCNC(=O)c2ccccc2)s1. The molecule has 0 atom stereocenters. The van der Waals surface area contributed by atoms with Gasteiger partial charge in [0.15, 0.2) is 0 Å². The van der Waals surface area contributed by atoms with Crippen molar-refractivity contribution in [3.63, 3.8) is 0 Å². The molecule has 7 nitrogen and oxygen atoms in total. The predicted molar refractivity (Wildman–Crippen MR) is 115 cm³/mol. The molecule has 0 aliphatic heterocycles. The van der Waals surface area contributed by atoms with Gasteiger partial charge in [0.1, 0.15) is 0 Å². The van der Waals surface area contributed by atoms with Gasteiger partial charge >= 0.3 is 6.03 Å². The first kappa shape index (κ1) is 20.1. The minimum atomic E-state index is -0.381. The maximum Gasteiger partial charge on any atom is 0.324 e. The van der Waals surface area contributed by atoms with Gasteiger partial charge in [-0.15, -0.1) is 11.3 Å². The van der Waals surface area contributed by atoms with E-state index in [1.165, 1.54) is 11.3 Å². The number of urea groups is 1. The minimum absolute atomic E-state index is 0.188. The summed E-state index contributed by atoms with van der Waals surface area (Å²) in [6.07, 6.45) is 0. The fraction of sp³-hybridized carbons (Fsp3) is 0.0952. The molecule has 0 aliphatic carbocycles. The van der Waals surface area contributed by atoms with Crippen molar-refractivity contribution in [2.24, 2.45) is 0 Å². The molecule has 1 heterocycles. The molecule has 4 amide bonds. The third kappa shape index (κ3) is 6.18. The number of thiophene rings is 1. The molecule has 8 heteroatoms. The Morgan fingerprint density at radius 2 is 1.31 bits per heavy atom. The van der Waals surface area contributed by atoms with E-state index in [0.717, 1.165) is 0 Å². The minimum Gasteiger partial charge on any atom is -0.350 e. The Morgan fingerprint density at radius 3 is 2.00 bits per heavy atom. The van der Waals surface area contributed by atoms with E-state index >= 15 is 0 Å². The van der Waals surface area contributed by atoms with Crippen molar-refractivity contribution in [1.82, 2.24) is 10.6 Å². The van der Waals surface area contributed by atoms with Gasteiger partial charge in [-0.05, 0) is 36.4 Å². The number of anilines is 2. The smallest absolute Gasteiger partial charge is 0.324 e. The Bertz CT molecular complexity index is 974. The van der Waals surface area contributed by atoms with Crippen molar-refractivity contribution >= 4 is 39.9 Å². The first-order valence-corrected chi connectivity index (χ1v) is 9.78. The van der Waals surface area contributed by atoms with Crippen molar-refractivity contribution in [3.05, 3.63) is 83.2 Å². The molecule has 148 valence electrons. The summed E-state index contributed by atoms with van der Waals surface area (Å²) in [6.45, 7) is 0.613. The van der Waals surface area contributed by atoms with E-state index < -0.39 is 0 Å². The van der Waals surface area contributed by atoms with Crippen molar-refractivity contribution in [2.75, 3.05) is 23.7 Å². The molecular formula is C21H20N4O3S. The van der Waals surface area contributed by atoms with Crippen LogP contribution in [0.25, 0.3) is 0 Å². The second-order valence-electron chi connectivity index (χ2n) is 5.99. The zero-order valence-electron chi connectivity index (χ0n) is 15.5. The fourth-order valence-corrected chi connectivity index (χ4v) is 3.27. The molecule has 0 bridgehead atoms. The number of hydrogen-bond acceptors (Lipinski definition) is 4. The number of para-hydroxylation sites is 1. The summed E-state index contributed by atoms with van der Waals surface area (Å²) in [5.41, 5.74) is 1.25. The van der Waals surface area contributed by atoms with Crippen LogP contribution in [0.1, 0.15) is 20.0 Å². The summed E-state index contributed by atoms with van der Waals surface area (Å²) < 4.78 is 0. The molecule has 4 N–H and O–H groups in total. The van der Waals surface area contributed by atoms with Crippen molar-refractivity contribution in [2.45, 2.75) is 0 Å². The second-order valence-corrected chi connectivity index (χ2v) is 7.07. The van der Waals surface area contributed by atoms with Gasteiger partial charge in [-0.3, -0.25) is 14.9 Å². The zero-order valence-corrected chi connectivity index (χ0v) is 16.3. The zero-order chi connectivity index (χ0) is 20.5. The van der Waals surface area contributed by atoms with Gasteiger partial charge < -0.3 is 16.0 Å². The highest BCUT2D eigenvalue weighted by Crippen LogP contribution is 2.22. The van der Waals surface area contributed by atoms with Crippen LogP contribution in [0.2, 0.25) is 0 Å². The Balaban J connectivity index is 1.41. The second kappa shape index (κ2) is 10.0. The highest BCUT2D eigenvalue weighted by atomic mass is 32.1. The molecule has 0 aliphatic rings. The van der Waals surface area contributed by atoms with E-state index in [0.29, 0.717) is 34.2 Å². The number of nitrogens with one attached hydrogen (secondary N) is 4. The van der Waals surface area contributed by atoms with Crippen LogP contribution in [-0.2, 0) is 0 Å². The van der Waals surface area contributed by atoms with Crippen LogP contribution >= 0.6 is 11.3 Å². The molecule has 0 radical (unpaired) electrons. The molecule has 0 spiro atoms. The lowest BCUT2D eigenvalue weighted by atomic mass is 10.2. The van der Waals surface area contributed by atoms with E-state index in [1.807, 2.05) is 24.3 Å². The molecule has 0 saturated heterocycles. The van der Waals surface area contributed by atoms with Gasteiger partial charge in [0.25, 0.3) is 11.8 Å². The number of hydrogen-bond donors (Lipinski definition) is 4. The van der Waals surface area contributed by atoms with Crippen LogP contribution in [0.4, 0.5) is 15.5 Å². The van der Waals surface area contributed by atoms with Crippen LogP contribution in [0.15, 0.2) is 72.8 Å². The Morgan fingerprint density at radius 1 is 0.690 bits per heavy atom. The fourth-order valence-electron chi connectivity index (χ4n) is 2.45. The maximum absolute atomic E-state index is 12.2. The molecule has 2 aromatic carbocycles. The van der Waals surface area contributed by atoms with Crippen molar-refractivity contribution in [3.8, 4) is 0 Å². The van der Waals surface area contributed by atoms with Gasteiger partial charge in [0.05, 0.1) is 9.88 Å². The van der Waals surface area contributed by atoms with Gasteiger partial charge in [0, 0.05) is 24.3 Å². The maximum atomic E-state index is 12.2.